The Morgan fingerprint density at radius 3 is 2.50 bits per heavy atom. The number of primary sulfonamides is 1. The number of amides is 1. The number of nitrogens with one attached hydrogen (secondary N) is 1. The van der Waals surface area contributed by atoms with E-state index in [4.69, 9.17) is 9.88 Å². The lowest BCUT2D eigenvalue weighted by Gasteiger charge is -2.12. The summed E-state index contributed by atoms with van der Waals surface area (Å²) in [5.41, 5.74) is 0.625. The van der Waals surface area contributed by atoms with E-state index in [0.29, 0.717) is 15.8 Å². The fourth-order valence-corrected chi connectivity index (χ4v) is 2.80. The average Bonchev–Trinajstić information content (AvgIpc) is 2.46. The topological polar surface area (TPSA) is 98.5 Å². The molecule has 0 unspecified atom stereocenters. The number of hydrogen-bond acceptors (Lipinski definition) is 4. The van der Waals surface area contributed by atoms with Gasteiger partial charge in [-0.25, -0.2) is 13.6 Å². The molecule has 0 aromatic heterocycles. The van der Waals surface area contributed by atoms with Gasteiger partial charge in [0.25, 0.3) is 5.91 Å². The molecule has 0 radical (unpaired) electrons. The van der Waals surface area contributed by atoms with Crippen molar-refractivity contribution in [3.63, 3.8) is 0 Å². The second-order valence-corrected chi connectivity index (χ2v) is 6.76. The Bertz CT molecular complexity index is 821. The molecule has 6 nitrogen and oxygen atoms in total. The molecule has 22 heavy (non-hydrogen) atoms. The SMILES string of the molecule is COc1ccc(S(N)(=O)=O)cc1NC(=O)c1ccccc1Br. The van der Waals surface area contributed by atoms with Crippen molar-refractivity contribution < 1.29 is 17.9 Å². The number of carbonyl (C=O) groups is 1. The van der Waals surface area contributed by atoms with Gasteiger partial charge in [-0.2, -0.15) is 0 Å². The third kappa shape index (κ3) is 3.65. The lowest BCUT2D eigenvalue weighted by atomic mass is 10.2. The van der Waals surface area contributed by atoms with Crippen LogP contribution in [0.25, 0.3) is 0 Å². The van der Waals surface area contributed by atoms with Gasteiger partial charge in [0.15, 0.2) is 0 Å². The van der Waals surface area contributed by atoms with Gasteiger partial charge in [-0.05, 0) is 46.3 Å². The Labute approximate surface area is 136 Å². The summed E-state index contributed by atoms with van der Waals surface area (Å²) in [5.74, 6) is -0.0786. The van der Waals surface area contributed by atoms with Crippen LogP contribution in [-0.4, -0.2) is 21.4 Å². The van der Waals surface area contributed by atoms with Crippen LogP contribution >= 0.6 is 15.9 Å². The number of carbonyl (C=O) groups excluding carboxylic acids is 1. The van der Waals surface area contributed by atoms with Crippen molar-refractivity contribution in [2.75, 3.05) is 12.4 Å². The van der Waals surface area contributed by atoms with Crippen molar-refractivity contribution in [3.05, 3.63) is 52.5 Å². The highest BCUT2D eigenvalue weighted by Gasteiger charge is 2.16. The largest absolute Gasteiger partial charge is 0.495 e. The summed E-state index contributed by atoms with van der Waals surface area (Å²) < 4.78 is 28.6. The maximum absolute atomic E-state index is 12.3. The van der Waals surface area contributed by atoms with Crippen molar-refractivity contribution >= 4 is 37.5 Å². The normalized spacial score (nSPS) is 11.0. The van der Waals surface area contributed by atoms with E-state index in [2.05, 4.69) is 21.2 Å². The Morgan fingerprint density at radius 1 is 1.23 bits per heavy atom. The van der Waals surface area contributed by atoms with E-state index in [9.17, 15) is 13.2 Å². The molecular formula is C14H13BrN2O4S. The van der Waals surface area contributed by atoms with Crippen molar-refractivity contribution in [2.24, 2.45) is 5.14 Å². The van der Waals surface area contributed by atoms with Crippen molar-refractivity contribution in [1.82, 2.24) is 0 Å². The van der Waals surface area contributed by atoms with Gasteiger partial charge in [0.05, 0.1) is 23.3 Å². The third-order valence-electron chi connectivity index (χ3n) is 2.87. The van der Waals surface area contributed by atoms with Crippen LogP contribution in [-0.2, 0) is 10.0 Å². The molecule has 116 valence electrons. The van der Waals surface area contributed by atoms with E-state index in [0.717, 1.165) is 0 Å². The fourth-order valence-electron chi connectivity index (χ4n) is 1.80. The van der Waals surface area contributed by atoms with Crippen LogP contribution in [0.15, 0.2) is 51.8 Å². The van der Waals surface area contributed by atoms with Crippen LogP contribution in [0.2, 0.25) is 0 Å². The van der Waals surface area contributed by atoms with E-state index in [1.807, 2.05) is 0 Å². The number of hydrogen-bond donors (Lipinski definition) is 2. The molecule has 0 spiro atoms. The molecule has 0 aliphatic carbocycles. The van der Waals surface area contributed by atoms with Crippen LogP contribution in [0.4, 0.5) is 5.69 Å². The fraction of sp³-hybridized carbons (Fsp3) is 0.0714. The number of halogens is 1. The number of rotatable bonds is 4. The van der Waals surface area contributed by atoms with E-state index in [1.54, 1.807) is 24.3 Å². The lowest BCUT2D eigenvalue weighted by Crippen LogP contribution is -2.16. The first-order valence-corrected chi connectivity index (χ1v) is 8.43. The standard InChI is InChI=1S/C14H13BrN2O4S/c1-21-13-7-6-9(22(16,19)20)8-12(13)17-14(18)10-4-2-3-5-11(10)15/h2-8H,1H3,(H,17,18)(H2,16,19,20). The molecule has 0 aliphatic heterocycles. The van der Waals surface area contributed by atoms with Crippen LogP contribution in [0.5, 0.6) is 5.75 Å². The molecule has 0 atom stereocenters. The highest BCUT2D eigenvalue weighted by Crippen LogP contribution is 2.28. The van der Waals surface area contributed by atoms with E-state index < -0.39 is 15.9 Å². The zero-order chi connectivity index (χ0) is 16.3. The number of benzene rings is 2. The van der Waals surface area contributed by atoms with E-state index in [1.165, 1.54) is 25.3 Å². The molecule has 0 fully saturated rings. The maximum atomic E-state index is 12.3. The zero-order valence-corrected chi connectivity index (χ0v) is 13.9. The van der Waals surface area contributed by atoms with Crippen LogP contribution in [0.1, 0.15) is 10.4 Å². The van der Waals surface area contributed by atoms with Gasteiger partial charge in [0, 0.05) is 4.47 Å². The van der Waals surface area contributed by atoms with Crippen molar-refractivity contribution in [3.8, 4) is 5.75 Å². The average molecular weight is 385 g/mol. The van der Waals surface area contributed by atoms with Gasteiger partial charge >= 0.3 is 0 Å². The molecular weight excluding hydrogens is 372 g/mol. The predicted molar refractivity (Wildman–Crippen MR) is 86.5 cm³/mol. The molecule has 0 aliphatic rings. The number of sulfonamides is 1. The molecule has 1 amide bonds. The summed E-state index contributed by atoms with van der Waals surface area (Å²) in [5, 5.41) is 7.71. The number of methoxy groups -OCH3 is 1. The predicted octanol–water partition coefficient (Wildman–Crippen LogP) is 2.36. The molecule has 2 rings (SSSR count). The molecule has 3 N–H and O–H groups in total. The Kier molecular flexibility index (Phi) is 4.84. The first kappa shape index (κ1) is 16.5. The third-order valence-corrected chi connectivity index (χ3v) is 4.47. The van der Waals surface area contributed by atoms with Crippen molar-refractivity contribution in [2.45, 2.75) is 4.90 Å². The molecule has 2 aromatic carbocycles. The summed E-state index contributed by atoms with van der Waals surface area (Å²) in [6, 6.07) is 10.9. The number of anilines is 1. The zero-order valence-electron chi connectivity index (χ0n) is 11.5. The smallest absolute Gasteiger partial charge is 0.256 e. The molecule has 8 heteroatoms. The van der Waals surface area contributed by atoms with Gasteiger partial charge in [-0.3, -0.25) is 4.79 Å². The monoisotopic (exact) mass is 384 g/mol. The highest BCUT2D eigenvalue weighted by atomic mass is 79.9. The minimum atomic E-state index is -3.88. The van der Waals surface area contributed by atoms with Gasteiger partial charge < -0.3 is 10.1 Å². The summed E-state index contributed by atoms with van der Waals surface area (Å²) in [6.07, 6.45) is 0. The second kappa shape index (κ2) is 6.47. The van der Waals surface area contributed by atoms with Crippen LogP contribution < -0.4 is 15.2 Å². The molecule has 0 saturated heterocycles. The summed E-state index contributed by atoms with van der Waals surface area (Å²) in [6.45, 7) is 0. The van der Waals surface area contributed by atoms with E-state index >= 15 is 0 Å². The van der Waals surface area contributed by atoms with Gasteiger partial charge in [-0.1, -0.05) is 12.1 Å². The van der Waals surface area contributed by atoms with Gasteiger partial charge in [0.2, 0.25) is 10.0 Å². The van der Waals surface area contributed by atoms with Crippen LogP contribution in [0.3, 0.4) is 0 Å². The first-order chi connectivity index (χ1) is 10.3. The number of ether oxygens (including phenoxy) is 1. The second-order valence-electron chi connectivity index (χ2n) is 4.34. The highest BCUT2D eigenvalue weighted by molar-refractivity contribution is 9.10. The van der Waals surface area contributed by atoms with Crippen LogP contribution in [0, 0.1) is 0 Å². The minimum Gasteiger partial charge on any atom is -0.495 e. The van der Waals surface area contributed by atoms with Crippen molar-refractivity contribution in [1.29, 1.82) is 0 Å². The van der Waals surface area contributed by atoms with Gasteiger partial charge in [-0.15, -0.1) is 0 Å². The summed E-state index contributed by atoms with van der Waals surface area (Å²) >= 11 is 3.28. The molecule has 0 heterocycles. The summed E-state index contributed by atoms with van der Waals surface area (Å²) in [4.78, 5) is 12.2. The summed E-state index contributed by atoms with van der Waals surface area (Å²) in [7, 11) is -2.46. The Morgan fingerprint density at radius 2 is 1.91 bits per heavy atom. The Balaban J connectivity index is 2.40. The Hall–Kier alpha value is -1.90. The minimum absolute atomic E-state index is 0.115. The lowest BCUT2D eigenvalue weighted by molar-refractivity contribution is 0.102. The number of nitrogens with two attached hydrogens (primary N) is 1. The molecule has 2 aromatic rings. The molecule has 0 saturated carbocycles. The molecule has 0 bridgehead atoms. The van der Waals surface area contributed by atoms with E-state index in [-0.39, 0.29) is 10.6 Å². The first-order valence-electron chi connectivity index (χ1n) is 6.09. The quantitative estimate of drug-likeness (QED) is 0.844. The maximum Gasteiger partial charge on any atom is 0.256 e. The van der Waals surface area contributed by atoms with Gasteiger partial charge in [0.1, 0.15) is 5.75 Å².